The Balaban J connectivity index is 1.64. The molecule has 5 nitrogen and oxygen atoms in total. The zero-order valence-electron chi connectivity index (χ0n) is 15.2. The van der Waals surface area contributed by atoms with Gasteiger partial charge in [-0.3, -0.25) is 0 Å². The third-order valence-corrected chi connectivity index (χ3v) is 6.36. The van der Waals surface area contributed by atoms with Crippen LogP contribution in [0, 0.1) is 0 Å². The number of aryl methyl sites for hydroxylation is 1. The minimum Gasteiger partial charge on any atom is -0.486 e. The van der Waals surface area contributed by atoms with Gasteiger partial charge in [-0.15, -0.1) is 0 Å². The van der Waals surface area contributed by atoms with E-state index in [9.17, 15) is 0 Å². The summed E-state index contributed by atoms with van der Waals surface area (Å²) >= 11 is 3.57. The number of halogens is 1. The van der Waals surface area contributed by atoms with Crippen molar-refractivity contribution in [2.45, 2.75) is 43.4 Å². The summed E-state index contributed by atoms with van der Waals surface area (Å²) in [5.74, 6) is 1.22. The molecular weight excluding hydrogens is 406 g/mol. The minimum absolute atomic E-state index is 0.359. The van der Waals surface area contributed by atoms with Gasteiger partial charge in [0.25, 0.3) is 0 Å². The smallest absolute Gasteiger partial charge is 0.222 e. The lowest BCUT2D eigenvalue weighted by molar-refractivity contribution is -0.204. The fourth-order valence-corrected chi connectivity index (χ4v) is 5.04. The van der Waals surface area contributed by atoms with E-state index in [4.69, 9.17) is 20.3 Å². The van der Waals surface area contributed by atoms with E-state index in [2.05, 4.69) is 40.2 Å². The van der Waals surface area contributed by atoms with Gasteiger partial charge >= 0.3 is 0 Å². The third kappa shape index (κ3) is 2.74. The summed E-state index contributed by atoms with van der Waals surface area (Å²) in [5, 5.41) is 1.56. The van der Waals surface area contributed by atoms with Gasteiger partial charge in [-0.05, 0) is 48.6 Å². The Labute approximate surface area is 167 Å². The number of hydroxylamine groups is 2. The van der Waals surface area contributed by atoms with Crippen LogP contribution in [0.15, 0.2) is 51.9 Å². The molecule has 2 atom stereocenters. The van der Waals surface area contributed by atoms with Crippen LogP contribution in [0.2, 0.25) is 0 Å². The van der Waals surface area contributed by atoms with E-state index in [1.54, 1.807) is 12.1 Å². The number of hydrogen-bond acceptors (Lipinski definition) is 5. The zero-order valence-corrected chi connectivity index (χ0v) is 16.8. The molecule has 0 saturated carbocycles. The summed E-state index contributed by atoms with van der Waals surface area (Å²) in [4.78, 5) is 11.0. The lowest BCUT2D eigenvalue weighted by Gasteiger charge is -2.45. The molecule has 2 N–H and O–H groups in total. The van der Waals surface area contributed by atoms with E-state index >= 15 is 0 Å². The Bertz CT molecular complexity index is 947. The molecule has 2 aromatic carbocycles. The van der Waals surface area contributed by atoms with Crippen LogP contribution < -0.4 is 10.5 Å². The van der Waals surface area contributed by atoms with Gasteiger partial charge in [0.2, 0.25) is 11.7 Å². The molecule has 0 amide bonds. The highest BCUT2D eigenvalue weighted by atomic mass is 79.9. The topological polar surface area (TPSA) is 60.1 Å². The molecule has 5 rings (SSSR count). The van der Waals surface area contributed by atoms with Crippen LogP contribution in [0.5, 0.6) is 5.75 Å². The maximum absolute atomic E-state index is 6.68. The molecule has 3 aliphatic rings. The van der Waals surface area contributed by atoms with Gasteiger partial charge in [-0.1, -0.05) is 40.2 Å². The van der Waals surface area contributed by atoms with Crippen LogP contribution in [0.4, 0.5) is 0 Å². The SMILES string of the molecule is CN1OC2(CC3(CCCc4ccccc4C3)Oc3ccc(Br)cc32)N=C1N. The average molecular weight is 428 g/mol. The summed E-state index contributed by atoms with van der Waals surface area (Å²) in [7, 11) is 1.80. The highest BCUT2D eigenvalue weighted by molar-refractivity contribution is 9.10. The maximum Gasteiger partial charge on any atom is 0.222 e. The normalized spacial score (nSPS) is 29.1. The number of aliphatic imine (C=N–C) groups is 1. The maximum atomic E-state index is 6.68. The molecule has 27 heavy (non-hydrogen) atoms. The average Bonchev–Trinajstić information content (AvgIpc) is 2.81. The second-order valence-electron chi connectivity index (χ2n) is 7.74. The quantitative estimate of drug-likeness (QED) is 0.692. The van der Waals surface area contributed by atoms with Crippen LogP contribution in [0.25, 0.3) is 0 Å². The lowest BCUT2D eigenvalue weighted by atomic mass is 9.79. The van der Waals surface area contributed by atoms with E-state index in [0.717, 1.165) is 41.5 Å². The van der Waals surface area contributed by atoms with E-state index in [1.807, 2.05) is 18.2 Å². The van der Waals surface area contributed by atoms with Crippen LogP contribution in [0.3, 0.4) is 0 Å². The second kappa shape index (κ2) is 5.97. The summed E-state index contributed by atoms with van der Waals surface area (Å²) in [5.41, 5.74) is 8.60. The van der Waals surface area contributed by atoms with Crippen LogP contribution in [-0.4, -0.2) is 23.7 Å². The molecule has 140 valence electrons. The van der Waals surface area contributed by atoms with Gasteiger partial charge < -0.3 is 10.5 Å². The van der Waals surface area contributed by atoms with E-state index in [1.165, 1.54) is 11.1 Å². The molecule has 0 saturated heterocycles. The highest BCUT2D eigenvalue weighted by Crippen LogP contribution is 2.52. The molecule has 2 unspecified atom stereocenters. The number of fused-ring (bicyclic) bond motifs is 3. The molecule has 2 heterocycles. The van der Waals surface area contributed by atoms with E-state index < -0.39 is 5.72 Å². The van der Waals surface area contributed by atoms with Gasteiger partial charge in [-0.25, -0.2) is 14.9 Å². The Morgan fingerprint density at radius 2 is 2.00 bits per heavy atom. The monoisotopic (exact) mass is 427 g/mol. The first-order valence-electron chi connectivity index (χ1n) is 9.33. The largest absolute Gasteiger partial charge is 0.486 e. The summed E-state index contributed by atoms with van der Waals surface area (Å²) in [6.07, 6.45) is 4.61. The van der Waals surface area contributed by atoms with Crippen molar-refractivity contribution in [1.29, 1.82) is 0 Å². The Morgan fingerprint density at radius 3 is 2.78 bits per heavy atom. The van der Waals surface area contributed by atoms with Crippen molar-refractivity contribution in [3.05, 3.63) is 63.6 Å². The molecule has 1 aliphatic carbocycles. The summed E-state index contributed by atoms with van der Waals surface area (Å²) in [6, 6.07) is 14.7. The summed E-state index contributed by atoms with van der Waals surface area (Å²) in [6.45, 7) is 0. The van der Waals surface area contributed by atoms with Crippen molar-refractivity contribution in [2.24, 2.45) is 10.7 Å². The van der Waals surface area contributed by atoms with Crippen LogP contribution in [0.1, 0.15) is 36.0 Å². The van der Waals surface area contributed by atoms with E-state index in [0.29, 0.717) is 12.4 Å². The first kappa shape index (κ1) is 17.1. The predicted molar refractivity (Wildman–Crippen MR) is 107 cm³/mol. The lowest BCUT2D eigenvalue weighted by Crippen LogP contribution is -2.49. The number of nitrogens with two attached hydrogens (primary N) is 1. The molecule has 2 aromatic rings. The first-order chi connectivity index (χ1) is 13.0. The molecule has 0 radical (unpaired) electrons. The molecule has 0 fully saturated rings. The Kier molecular flexibility index (Phi) is 3.78. The predicted octanol–water partition coefficient (Wildman–Crippen LogP) is 3.89. The van der Waals surface area contributed by atoms with Crippen molar-refractivity contribution >= 4 is 21.9 Å². The van der Waals surface area contributed by atoms with Crippen LogP contribution >= 0.6 is 15.9 Å². The third-order valence-electron chi connectivity index (χ3n) is 5.87. The van der Waals surface area contributed by atoms with Gasteiger partial charge in [0.1, 0.15) is 11.4 Å². The number of rotatable bonds is 0. The molecule has 6 heteroatoms. The van der Waals surface area contributed by atoms with Gasteiger partial charge in [0, 0.05) is 24.4 Å². The molecular formula is C21H22BrN3O2. The van der Waals surface area contributed by atoms with Crippen LogP contribution in [-0.2, 0) is 23.4 Å². The van der Waals surface area contributed by atoms with Gasteiger partial charge in [-0.2, -0.15) is 0 Å². The van der Waals surface area contributed by atoms with Gasteiger partial charge in [0.05, 0.1) is 5.56 Å². The number of hydrogen-bond donors (Lipinski definition) is 1. The van der Waals surface area contributed by atoms with Crippen molar-refractivity contribution in [1.82, 2.24) is 5.06 Å². The molecule has 0 aromatic heterocycles. The molecule has 0 bridgehead atoms. The molecule has 2 spiro atoms. The van der Waals surface area contributed by atoms with Crippen molar-refractivity contribution in [3.8, 4) is 5.75 Å². The fourth-order valence-electron chi connectivity index (χ4n) is 4.68. The van der Waals surface area contributed by atoms with E-state index in [-0.39, 0.29) is 5.60 Å². The number of nitrogens with zero attached hydrogens (tertiary/aromatic N) is 2. The van der Waals surface area contributed by atoms with Crippen molar-refractivity contribution in [2.75, 3.05) is 7.05 Å². The van der Waals surface area contributed by atoms with Gasteiger partial charge in [0.15, 0.2) is 0 Å². The van der Waals surface area contributed by atoms with Crippen molar-refractivity contribution < 1.29 is 9.57 Å². The number of benzene rings is 2. The van der Waals surface area contributed by atoms with Crippen molar-refractivity contribution in [3.63, 3.8) is 0 Å². The molecule has 2 aliphatic heterocycles. The minimum atomic E-state index is -0.838. The Morgan fingerprint density at radius 1 is 1.19 bits per heavy atom. The number of guanidine groups is 1. The standard InChI is InChI=1S/C21H22BrN3O2/c1-25-19(23)24-21(27-25)13-20(26-18-9-8-16(22)11-17(18)21)10-4-7-14-5-2-3-6-15(14)12-20/h2-3,5-6,8-9,11H,4,7,10,12-13H2,1H3,(H2,23,24). The first-order valence-corrected chi connectivity index (χ1v) is 10.1. The fraction of sp³-hybridized carbons (Fsp3) is 0.381. The number of ether oxygens (including phenoxy) is 1. The zero-order chi connectivity index (χ0) is 18.6. The summed E-state index contributed by atoms with van der Waals surface area (Å²) < 4.78 is 7.65. The second-order valence-corrected chi connectivity index (χ2v) is 8.66. The highest BCUT2D eigenvalue weighted by Gasteiger charge is 2.54. The Hall–Kier alpha value is -2.05.